The molecule has 21 aromatic rings. The summed E-state index contributed by atoms with van der Waals surface area (Å²) < 4.78 is 21.4. The van der Waals surface area contributed by atoms with Gasteiger partial charge in [0.15, 0.2) is 0 Å². The maximum absolute atomic E-state index is 7.46. The summed E-state index contributed by atoms with van der Waals surface area (Å²) in [5.41, 5.74) is 36.8. The van der Waals surface area contributed by atoms with Crippen LogP contribution in [-0.2, 0) is 27.1 Å². The lowest BCUT2D eigenvalue weighted by Gasteiger charge is -2.50. The third kappa shape index (κ3) is 11.2. The SMILES string of the molecule is CC1(C)c2ccccc2-c2ccc(N(c3ccc(-c4cccc(-c5ccc6ccc7c(c6c5)C(C)(C)c5ccccc5C75c6ccccc6Oc6c(-c7ccc(N(c8ccc(-c9ccccc9)cc8)c8ccc9c(c8)oc8ccccc89)cc7)cccc65)c4)cc3)c3ccc(-c4cccc5c4Oc4ccccc4C54c5ccccc5C(C)(C)c5c4ccc4ccccc54)cc3)cc21. The van der Waals surface area contributed by atoms with Crippen LogP contribution >= 0.6 is 0 Å². The van der Waals surface area contributed by atoms with E-state index in [9.17, 15) is 0 Å². The van der Waals surface area contributed by atoms with Gasteiger partial charge in [-0.3, -0.25) is 0 Å². The maximum atomic E-state index is 7.46. The van der Waals surface area contributed by atoms with Gasteiger partial charge >= 0.3 is 0 Å². The van der Waals surface area contributed by atoms with Crippen molar-refractivity contribution >= 4 is 77.6 Å². The second-order valence-electron chi connectivity index (χ2n) is 38.0. The molecule has 1 aromatic heterocycles. The van der Waals surface area contributed by atoms with Crippen LogP contribution in [0.2, 0.25) is 0 Å². The van der Waals surface area contributed by atoms with Gasteiger partial charge in [0.25, 0.3) is 0 Å². The highest BCUT2D eigenvalue weighted by atomic mass is 16.5. The Hall–Kier alpha value is -16.1. The fourth-order valence-electron chi connectivity index (χ4n) is 24.0. The molecule has 2 aliphatic heterocycles. The molecule has 0 saturated carbocycles. The van der Waals surface area contributed by atoms with Gasteiger partial charge in [0.2, 0.25) is 0 Å². The summed E-state index contributed by atoms with van der Waals surface area (Å²) in [6, 6.07) is 162. The highest BCUT2D eigenvalue weighted by molar-refractivity contribution is 6.07. The van der Waals surface area contributed by atoms with Crippen LogP contribution in [0.4, 0.5) is 34.1 Å². The van der Waals surface area contributed by atoms with Crippen LogP contribution in [0.3, 0.4) is 0 Å². The molecule has 5 heteroatoms. The van der Waals surface area contributed by atoms with E-state index < -0.39 is 16.2 Å². The van der Waals surface area contributed by atoms with Crippen molar-refractivity contribution in [3.8, 4) is 89.8 Å². The zero-order valence-corrected chi connectivity index (χ0v) is 74.2. The molecule has 3 aliphatic carbocycles. The Morgan fingerprint density at radius 3 is 1.14 bits per heavy atom. The number of hydrogen-bond acceptors (Lipinski definition) is 5. The van der Waals surface area contributed by atoms with Crippen LogP contribution < -0.4 is 19.3 Å². The molecule has 626 valence electrons. The number of para-hydroxylation sites is 5. The molecule has 0 bridgehead atoms. The van der Waals surface area contributed by atoms with Crippen molar-refractivity contribution in [2.24, 2.45) is 0 Å². The van der Waals surface area contributed by atoms with E-state index in [-0.39, 0.29) is 10.8 Å². The van der Waals surface area contributed by atoms with Gasteiger partial charge in [-0.15, -0.1) is 0 Å². The first-order valence-electron chi connectivity index (χ1n) is 46.1. The molecule has 26 rings (SSSR count). The van der Waals surface area contributed by atoms with E-state index in [1.54, 1.807) is 0 Å². The molecule has 132 heavy (non-hydrogen) atoms. The Balaban J connectivity index is 0.562. The number of rotatable bonds is 11. The summed E-state index contributed by atoms with van der Waals surface area (Å²) in [6.45, 7) is 14.4. The number of nitrogens with zero attached hydrogens (tertiary/aromatic N) is 2. The van der Waals surface area contributed by atoms with Crippen LogP contribution in [0.5, 0.6) is 23.0 Å². The number of fused-ring (bicyclic) bond motifs is 26. The van der Waals surface area contributed by atoms with Crippen molar-refractivity contribution in [3.05, 3.63) is 515 Å². The molecule has 20 aromatic carbocycles. The summed E-state index contributed by atoms with van der Waals surface area (Å²) in [4.78, 5) is 4.77. The maximum Gasteiger partial charge on any atom is 0.140 e. The highest BCUT2D eigenvalue weighted by Gasteiger charge is 2.56. The second-order valence-corrected chi connectivity index (χ2v) is 38.0. The largest absolute Gasteiger partial charge is 0.456 e. The molecule has 0 amide bonds. The fraction of sp³-hybridized carbons (Fsp3) is 0.0866. The number of hydrogen-bond donors (Lipinski definition) is 0. The van der Waals surface area contributed by atoms with Gasteiger partial charge in [0.1, 0.15) is 34.2 Å². The summed E-state index contributed by atoms with van der Waals surface area (Å²) >= 11 is 0. The predicted octanol–water partition coefficient (Wildman–Crippen LogP) is 33.7. The first-order chi connectivity index (χ1) is 64.7. The van der Waals surface area contributed by atoms with Gasteiger partial charge in [0.05, 0.1) is 10.8 Å². The van der Waals surface area contributed by atoms with Gasteiger partial charge in [-0.25, -0.2) is 0 Å². The molecular formula is C127H90N2O3. The molecular weight excluding hydrogens is 1600 g/mol. The molecule has 0 fully saturated rings. The normalized spacial score (nSPS) is 16.2. The Kier molecular flexibility index (Phi) is 16.9. The Labute approximate surface area is 769 Å². The first-order valence-corrected chi connectivity index (χ1v) is 46.1. The Morgan fingerprint density at radius 1 is 0.189 bits per heavy atom. The highest BCUT2D eigenvalue weighted by Crippen LogP contribution is 2.67. The minimum atomic E-state index is -0.778. The van der Waals surface area contributed by atoms with Crippen LogP contribution in [0, 0.1) is 0 Å². The lowest BCUT2D eigenvalue weighted by Crippen LogP contribution is -2.43. The number of anilines is 6. The van der Waals surface area contributed by atoms with Crippen LogP contribution in [0.15, 0.2) is 441 Å². The number of furan rings is 1. The minimum Gasteiger partial charge on any atom is -0.456 e. The Morgan fingerprint density at radius 2 is 0.561 bits per heavy atom. The monoisotopic (exact) mass is 1690 g/mol. The summed E-state index contributed by atoms with van der Waals surface area (Å²) in [7, 11) is 0. The smallest absolute Gasteiger partial charge is 0.140 e. The van der Waals surface area contributed by atoms with Crippen LogP contribution in [0.25, 0.3) is 110 Å². The zero-order valence-electron chi connectivity index (χ0n) is 74.2. The van der Waals surface area contributed by atoms with E-state index in [0.29, 0.717) is 0 Å². The van der Waals surface area contributed by atoms with Gasteiger partial charge in [-0.2, -0.15) is 0 Å². The second kappa shape index (κ2) is 29.0. The van der Waals surface area contributed by atoms with Crippen molar-refractivity contribution < 1.29 is 13.9 Å². The van der Waals surface area contributed by atoms with E-state index in [1.165, 1.54) is 93.9 Å². The lowest BCUT2D eigenvalue weighted by molar-refractivity contribution is 0.427. The predicted molar refractivity (Wildman–Crippen MR) is 544 cm³/mol. The number of benzene rings is 20. The molecule has 3 heterocycles. The van der Waals surface area contributed by atoms with Gasteiger partial charge in [-0.05, 0) is 236 Å². The summed E-state index contributed by atoms with van der Waals surface area (Å²) in [5.74, 6) is 3.44. The average molecular weight is 1690 g/mol. The van der Waals surface area contributed by atoms with Crippen molar-refractivity contribution in [3.63, 3.8) is 0 Å². The third-order valence-electron chi connectivity index (χ3n) is 30.1. The van der Waals surface area contributed by atoms with Crippen molar-refractivity contribution in [2.45, 2.75) is 68.6 Å². The van der Waals surface area contributed by atoms with Crippen LogP contribution in [0.1, 0.15) is 119 Å². The van der Waals surface area contributed by atoms with E-state index >= 15 is 0 Å². The van der Waals surface area contributed by atoms with E-state index in [0.717, 1.165) is 151 Å². The van der Waals surface area contributed by atoms with E-state index in [1.807, 2.05) is 12.1 Å². The van der Waals surface area contributed by atoms with Gasteiger partial charge < -0.3 is 23.7 Å². The fourth-order valence-corrected chi connectivity index (χ4v) is 24.0. The molecule has 5 nitrogen and oxygen atoms in total. The molecule has 2 unspecified atom stereocenters. The third-order valence-corrected chi connectivity index (χ3v) is 30.1. The molecule has 0 radical (unpaired) electrons. The first kappa shape index (κ1) is 77.1. The quantitative estimate of drug-likeness (QED) is 0.129. The topological polar surface area (TPSA) is 38.1 Å². The molecule has 0 N–H and O–H groups in total. The van der Waals surface area contributed by atoms with E-state index in [4.69, 9.17) is 13.9 Å². The van der Waals surface area contributed by atoms with Crippen LogP contribution in [-0.4, -0.2) is 0 Å². The zero-order chi connectivity index (χ0) is 88.1. The standard InChI is InChI=1S/C127H90N2O3/c1-123(2)103-37-14-12-33-98(103)99-71-69-93(77-114(99)123)128(91-65-55-83(56-66-91)96-35-25-44-112-121(96)131-116-47-22-19-42-108(116)126(112)106-40-17-15-38-104(106)124(3,4)119-95-32-11-10-29-82(95)59-73-110(119)126)89-63-53-81(54-64-89)86-30-24-31-87(75-86)88-50-49-85-60-74-111-120(102(85)76-88)125(5,6)105-39-16-18-41-107(105)127(111)109-43-20-23-48-117(109)132-122-97(36-26-45-113(122)127)84-57-67-92(68-58-84)129(90-61-51-80(52-62-90)79-27-8-7-9-28-79)94-70-72-101-100-34-13-21-46-115(100)130-118(101)78-94/h7-78H,1-6H3. The average Bonchev–Trinajstić information content (AvgIpc) is 0.764. The molecule has 5 aliphatic rings. The van der Waals surface area contributed by atoms with Crippen molar-refractivity contribution in [1.82, 2.24) is 0 Å². The lowest BCUT2D eigenvalue weighted by atomic mass is 9.53. The molecule has 2 spiro atoms. The Bertz CT molecular complexity index is 8360. The van der Waals surface area contributed by atoms with Crippen molar-refractivity contribution in [2.75, 3.05) is 9.80 Å². The van der Waals surface area contributed by atoms with E-state index in [2.05, 4.69) is 476 Å². The van der Waals surface area contributed by atoms with Crippen molar-refractivity contribution in [1.29, 1.82) is 0 Å². The molecule has 2 atom stereocenters. The van der Waals surface area contributed by atoms with Gasteiger partial charge in [-0.1, -0.05) is 369 Å². The summed E-state index contributed by atoms with van der Waals surface area (Å²) in [5, 5.41) is 7.14. The van der Waals surface area contributed by atoms with Gasteiger partial charge in [0, 0.05) is 101 Å². The number of ether oxygens (including phenoxy) is 2. The summed E-state index contributed by atoms with van der Waals surface area (Å²) in [6.07, 6.45) is 0. The minimum absolute atomic E-state index is 0.213. The molecule has 0 saturated heterocycles.